The van der Waals surface area contributed by atoms with Crippen LogP contribution in [0.15, 0.2) is 36.4 Å². The first kappa shape index (κ1) is 22.0. The second kappa shape index (κ2) is 10.4. The van der Waals surface area contributed by atoms with Crippen LogP contribution in [0.5, 0.6) is 0 Å². The Balaban J connectivity index is 1.41. The van der Waals surface area contributed by atoms with Gasteiger partial charge in [-0.2, -0.15) is 13.2 Å². The van der Waals surface area contributed by atoms with Gasteiger partial charge in [-0.1, -0.05) is 50.5 Å². The molecule has 0 nitrogen and oxygen atoms in total. The van der Waals surface area contributed by atoms with Gasteiger partial charge < -0.3 is 0 Å². The van der Waals surface area contributed by atoms with Gasteiger partial charge in [0.1, 0.15) is 0 Å². The molecular formula is C26H33F3. The second-order valence-electron chi connectivity index (χ2n) is 8.95. The van der Waals surface area contributed by atoms with Crippen molar-refractivity contribution in [2.75, 3.05) is 0 Å². The summed E-state index contributed by atoms with van der Waals surface area (Å²) in [5.41, 5.74) is -0.0146. The molecule has 0 radical (unpaired) electrons. The lowest BCUT2D eigenvalue weighted by atomic mass is 9.69. The Hall–Kier alpha value is -1.69. The molecule has 3 rings (SSSR count). The standard InChI is InChI=1S/C26H33F3/c1-2-5-20-8-14-23(15-9-20)24-16-10-21(11-17-24)6-3-4-7-22-12-18-25(19-13-22)26(27,28)29/h3,6,12-13,18-21,23-24H,2,5,8-11,14-17H2,1H3/t20-,21?,23-,24?. The highest BCUT2D eigenvalue weighted by Crippen LogP contribution is 2.42. The monoisotopic (exact) mass is 402 g/mol. The summed E-state index contributed by atoms with van der Waals surface area (Å²) in [5, 5.41) is 0. The molecule has 1 aromatic carbocycles. The van der Waals surface area contributed by atoms with Gasteiger partial charge in [-0.15, -0.1) is 0 Å². The number of allylic oxidation sites excluding steroid dienone is 2. The van der Waals surface area contributed by atoms with E-state index in [0.717, 1.165) is 29.9 Å². The van der Waals surface area contributed by atoms with Crippen molar-refractivity contribution in [2.24, 2.45) is 23.7 Å². The van der Waals surface area contributed by atoms with Crippen LogP contribution < -0.4 is 0 Å². The van der Waals surface area contributed by atoms with Gasteiger partial charge in [0.05, 0.1) is 5.56 Å². The summed E-state index contributed by atoms with van der Waals surface area (Å²) < 4.78 is 37.7. The smallest absolute Gasteiger partial charge is 0.166 e. The topological polar surface area (TPSA) is 0 Å². The van der Waals surface area contributed by atoms with E-state index < -0.39 is 11.7 Å². The summed E-state index contributed by atoms with van der Waals surface area (Å²) in [6.07, 6.45) is 13.5. The lowest BCUT2D eigenvalue weighted by Gasteiger charge is -2.37. The summed E-state index contributed by atoms with van der Waals surface area (Å²) in [6.45, 7) is 2.30. The minimum atomic E-state index is -4.29. The Morgan fingerprint density at radius 1 is 0.897 bits per heavy atom. The molecule has 0 aliphatic heterocycles. The third-order valence-electron chi connectivity index (χ3n) is 6.95. The van der Waals surface area contributed by atoms with Crippen LogP contribution in [0, 0.1) is 35.5 Å². The molecule has 0 N–H and O–H groups in total. The predicted molar refractivity (Wildman–Crippen MR) is 113 cm³/mol. The molecule has 29 heavy (non-hydrogen) atoms. The van der Waals surface area contributed by atoms with Crippen LogP contribution in [-0.2, 0) is 6.18 Å². The number of hydrogen-bond donors (Lipinski definition) is 0. The van der Waals surface area contributed by atoms with Gasteiger partial charge in [0, 0.05) is 5.56 Å². The van der Waals surface area contributed by atoms with Crippen LogP contribution in [-0.4, -0.2) is 0 Å². The zero-order valence-electron chi connectivity index (χ0n) is 17.5. The molecule has 3 heteroatoms. The van der Waals surface area contributed by atoms with E-state index in [4.69, 9.17) is 0 Å². The molecule has 0 amide bonds. The van der Waals surface area contributed by atoms with E-state index in [1.807, 2.05) is 6.08 Å². The first-order valence-corrected chi connectivity index (χ1v) is 11.3. The van der Waals surface area contributed by atoms with Crippen LogP contribution in [0.4, 0.5) is 13.2 Å². The van der Waals surface area contributed by atoms with Gasteiger partial charge in [-0.05, 0) is 92.5 Å². The van der Waals surface area contributed by atoms with Gasteiger partial charge in [0.15, 0.2) is 0 Å². The summed E-state index contributed by atoms with van der Waals surface area (Å²) in [4.78, 5) is 0. The third-order valence-corrected chi connectivity index (χ3v) is 6.95. The molecule has 0 heterocycles. The van der Waals surface area contributed by atoms with Gasteiger partial charge in [0.2, 0.25) is 0 Å². The lowest BCUT2D eigenvalue weighted by molar-refractivity contribution is -0.137. The Labute approximate surface area is 174 Å². The van der Waals surface area contributed by atoms with Crippen molar-refractivity contribution in [1.29, 1.82) is 0 Å². The van der Waals surface area contributed by atoms with Crippen molar-refractivity contribution in [1.82, 2.24) is 0 Å². The average Bonchev–Trinajstić information content (AvgIpc) is 2.72. The number of benzene rings is 1. The fraction of sp³-hybridized carbons (Fsp3) is 0.615. The Morgan fingerprint density at radius 2 is 1.48 bits per heavy atom. The minimum Gasteiger partial charge on any atom is -0.166 e. The summed E-state index contributed by atoms with van der Waals surface area (Å²) >= 11 is 0. The zero-order valence-corrected chi connectivity index (χ0v) is 17.5. The second-order valence-corrected chi connectivity index (χ2v) is 8.95. The van der Waals surface area contributed by atoms with Gasteiger partial charge in [-0.25, -0.2) is 0 Å². The summed E-state index contributed by atoms with van der Waals surface area (Å²) in [6, 6.07) is 5.05. The molecular weight excluding hydrogens is 369 g/mol. The van der Waals surface area contributed by atoms with Gasteiger partial charge in [-0.3, -0.25) is 0 Å². The number of rotatable bonds is 4. The van der Waals surface area contributed by atoms with E-state index in [0.29, 0.717) is 11.5 Å². The van der Waals surface area contributed by atoms with E-state index in [1.165, 1.54) is 76.3 Å². The lowest BCUT2D eigenvalue weighted by Crippen LogP contribution is -2.25. The van der Waals surface area contributed by atoms with Crippen LogP contribution in [0.25, 0.3) is 0 Å². The highest BCUT2D eigenvalue weighted by molar-refractivity contribution is 5.39. The van der Waals surface area contributed by atoms with E-state index in [1.54, 1.807) is 0 Å². The third kappa shape index (κ3) is 6.66. The van der Waals surface area contributed by atoms with Crippen molar-refractivity contribution >= 4 is 0 Å². The van der Waals surface area contributed by atoms with Crippen LogP contribution in [0.2, 0.25) is 0 Å². The molecule has 2 saturated carbocycles. The molecule has 2 aliphatic rings. The van der Waals surface area contributed by atoms with Gasteiger partial charge in [0.25, 0.3) is 0 Å². The van der Waals surface area contributed by atoms with Crippen LogP contribution >= 0.6 is 0 Å². The minimum absolute atomic E-state index is 0.601. The van der Waals surface area contributed by atoms with Crippen molar-refractivity contribution in [3.8, 4) is 11.8 Å². The van der Waals surface area contributed by atoms with Gasteiger partial charge >= 0.3 is 6.18 Å². The molecule has 0 bridgehead atoms. The maximum Gasteiger partial charge on any atom is 0.416 e. The highest BCUT2D eigenvalue weighted by Gasteiger charge is 2.30. The number of halogens is 3. The van der Waals surface area contributed by atoms with Crippen LogP contribution in [0.3, 0.4) is 0 Å². The predicted octanol–water partition coefficient (Wildman–Crippen LogP) is 8.03. The molecule has 2 fully saturated rings. The van der Waals surface area contributed by atoms with Crippen molar-refractivity contribution in [3.63, 3.8) is 0 Å². The maximum absolute atomic E-state index is 12.6. The molecule has 158 valence electrons. The average molecular weight is 403 g/mol. The summed E-state index contributed by atoms with van der Waals surface area (Å²) in [5.74, 6) is 9.38. The molecule has 0 aromatic heterocycles. The first-order chi connectivity index (χ1) is 14.0. The summed E-state index contributed by atoms with van der Waals surface area (Å²) in [7, 11) is 0. The SMILES string of the molecule is CCC[C@H]1CC[C@H](C2CCC(C=CC#Cc3ccc(C(F)(F)F)cc3)CC2)CC1. The van der Waals surface area contributed by atoms with Crippen LogP contribution in [0.1, 0.15) is 82.3 Å². The normalized spacial score (nSPS) is 28.1. The fourth-order valence-electron chi connectivity index (χ4n) is 5.22. The largest absolute Gasteiger partial charge is 0.416 e. The molecule has 2 aliphatic carbocycles. The Kier molecular flexibility index (Phi) is 7.87. The zero-order chi connectivity index (χ0) is 20.7. The number of alkyl halides is 3. The molecule has 1 aromatic rings. The first-order valence-electron chi connectivity index (χ1n) is 11.3. The van der Waals surface area contributed by atoms with Crippen molar-refractivity contribution in [2.45, 2.75) is 77.3 Å². The van der Waals surface area contributed by atoms with E-state index in [9.17, 15) is 13.2 Å². The van der Waals surface area contributed by atoms with E-state index in [2.05, 4.69) is 24.8 Å². The maximum atomic E-state index is 12.6. The molecule has 0 unspecified atom stereocenters. The quantitative estimate of drug-likeness (QED) is 0.447. The molecule has 0 atom stereocenters. The highest BCUT2D eigenvalue weighted by atomic mass is 19.4. The molecule has 0 spiro atoms. The van der Waals surface area contributed by atoms with Crippen molar-refractivity contribution < 1.29 is 13.2 Å². The Bertz CT molecular complexity index is 701. The fourth-order valence-corrected chi connectivity index (χ4v) is 5.22. The Morgan fingerprint density at radius 3 is 2.03 bits per heavy atom. The van der Waals surface area contributed by atoms with Crippen molar-refractivity contribution in [3.05, 3.63) is 47.5 Å². The van der Waals surface area contributed by atoms with E-state index >= 15 is 0 Å². The molecule has 0 saturated heterocycles. The van der Waals surface area contributed by atoms with E-state index in [-0.39, 0.29) is 0 Å². The number of hydrogen-bond acceptors (Lipinski definition) is 0.